The van der Waals surface area contributed by atoms with Crippen molar-refractivity contribution in [2.45, 2.75) is 4.90 Å². The van der Waals surface area contributed by atoms with Gasteiger partial charge in [0.1, 0.15) is 11.4 Å². The lowest BCUT2D eigenvalue weighted by Gasteiger charge is -2.09. The van der Waals surface area contributed by atoms with Crippen molar-refractivity contribution in [2.75, 3.05) is 7.11 Å². The van der Waals surface area contributed by atoms with E-state index < -0.39 is 10.0 Å². The summed E-state index contributed by atoms with van der Waals surface area (Å²) in [4.78, 5) is 17.5. The second-order valence-electron chi connectivity index (χ2n) is 6.49. The van der Waals surface area contributed by atoms with E-state index in [4.69, 9.17) is 4.74 Å². The average molecular weight is 418 g/mol. The fourth-order valence-corrected chi connectivity index (χ4v) is 4.37. The second-order valence-corrected chi connectivity index (χ2v) is 8.30. The number of nitrogens with zero attached hydrogens (tertiary/aromatic N) is 2. The lowest BCUT2D eigenvalue weighted by atomic mass is 10.1. The van der Waals surface area contributed by atoms with Gasteiger partial charge in [0.15, 0.2) is 5.82 Å². The van der Waals surface area contributed by atoms with Crippen LogP contribution >= 0.6 is 0 Å². The number of imidazole rings is 1. The van der Waals surface area contributed by atoms with Crippen molar-refractivity contribution in [3.05, 3.63) is 102 Å². The Hall–Kier alpha value is -3.71. The molecule has 0 unspecified atom stereocenters. The van der Waals surface area contributed by atoms with Crippen LogP contribution in [-0.2, 0) is 10.0 Å². The van der Waals surface area contributed by atoms with E-state index in [1.54, 1.807) is 73.8 Å². The normalized spacial score (nSPS) is 11.2. The van der Waals surface area contributed by atoms with Gasteiger partial charge in [-0.2, -0.15) is 0 Å². The van der Waals surface area contributed by atoms with Crippen LogP contribution in [0.25, 0.3) is 11.4 Å². The number of carbonyl (C=O) groups excluding carboxylic acids is 1. The summed E-state index contributed by atoms with van der Waals surface area (Å²) in [6.45, 7) is 0. The molecular formula is C23H18N2O4S. The Kier molecular flexibility index (Phi) is 5.20. The third-order valence-corrected chi connectivity index (χ3v) is 6.26. The van der Waals surface area contributed by atoms with E-state index in [9.17, 15) is 13.2 Å². The molecule has 0 bridgehead atoms. The van der Waals surface area contributed by atoms with Crippen LogP contribution in [0, 0.1) is 0 Å². The van der Waals surface area contributed by atoms with Crippen molar-refractivity contribution in [2.24, 2.45) is 0 Å². The first-order valence-corrected chi connectivity index (χ1v) is 10.6. The summed E-state index contributed by atoms with van der Waals surface area (Å²) in [5, 5.41) is 0. The van der Waals surface area contributed by atoms with Crippen molar-refractivity contribution in [1.29, 1.82) is 0 Å². The topological polar surface area (TPSA) is 78.3 Å². The Morgan fingerprint density at radius 1 is 0.867 bits per heavy atom. The molecule has 3 aromatic carbocycles. The number of carbonyl (C=O) groups is 1. The van der Waals surface area contributed by atoms with Gasteiger partial charge in [-0.05, 0) is 36.4 Å². The Morgan fingerprint density at radius 3 is 2.07 bits per heavy atom. The zero-order valence-electron chi connectivity index (χ0n) is 16.1. The summed E-state index contributed by atoms with van der Waals surface area (Å²) in [6, 6.07) is 23.5. The number of ketones is 1. The van der Waals surface area contributed by atoms with Gasteiger partial charge in [-0.15, -0.1) is 0 Å². The Morgan fingerprint density at radius 2 is 1.47 bits per heavy atom. The second kappa shape index (κ2) is 7.96. The summed E-state index contributed by atoms with van der Waals surface area (Å²) >= 11 is 0. The maximum Gasteiger partial charge on any atom is 0.269 e. The maximum atomic E-state index is 13.3. The van der Waals surface area contributed by atoms with E-state index in [0.29, 0.717) is 16.9 Å². The molecule has 0 radical (unpaired) electrons. The van der Waals surface area contributed by atoms with Gasteiger partial charge in [0.05, 0.1) is 18.2 Å². The monoisotopic (exact) mass is 418 g/mol. The van der Waals surface area contributed by atoms with E-state index in [1.165, 1.54) is 18.3 Å². The van der Waals surface area contributed by atoms with E-state index in [-0.39, 0.29) is 22.2 Å². The molecular weight excluding hydrogens is 400 g/mol. The van der Waals surface area contributed by atoms with Crippen LogP contribution in [0.3, 0.4) is 0 Å². The smallest absolute Gasteiger partial charge is 0.269 e. The van der Waals surface area contributed by atoms with Crippen molar-refractivity contribution < 1.29 is 17.9 Å². The molecule has 4 rings (SSSR count). The van der Waals surface area contributed by atoms with Crippen LogP contribution in [0.15, 0.2) is 96.0 Å². The predicted molar refractivity (Wildman–Crippen MR) is 113 cm³/mol. The summed E-state index contributed by atoms with van der Waals surface area (Å²) in [6.07, 6.45) is 1.28. The number of hydrogen-bond donors (Lipinski definition) is 0. The van der Waals surface area contributed by atoms with Gasteiger partial charge in [0.25, 0.3) is 10.0 Å². The highest BCUT2D eigenvalue weighted by Crippen LogP contribution is 2.25. The molecule has 0 aliphatic carbocycles. The van der Waals surface area contributed by atoms with Gasteiger partial charge >= 0.3 is 0 Å². The molecule has 7 heteroatoms. The zero-order valence-corrected chi connectivity index (χ0v) is 16.9. The van der Waals surface area contributed by atoms with Crippen molar-refractivity contribution in [3.63, 3.8) is 0 Å². The molecule has 1 aromatic heterocycles. The quantitative estimate of drug-likeness (QED) is 0.442. The van der Waals surface area contributed by atoms with E-state index in [0.717, 1.165) is 3.97 Å². The van der Waals surface area contributed by atoms with Crippen LogP contribution < -0.4 is 4.74 Å². The highest BCUT2D eigenvalue weighted by molar-refractivity contribution is 7.90. The first-order valence-electron chi connectivity index (χ1n) is 9.15. The van der Waals surface area contributed by atoms with Gasteiger partial charge in [-0.3, -0.25) is 4.79 Å². The first-order chi connectivity index (χ1) is 14.5. The summed E-state index contributed by atoms with van der Waals surface area (Å²) in [7, 11) is -2.40. The number of benzene rings is 3. The molecule has 0 aliphatic heterocycles. The number of methoxy groups -OCH3 is 1. The average Bonchev–Trinajstić information content (AvgIpc) is 3.26. The molecule has 0 atom stereocenters. The molecule has 1 heterocycles. The Balaban J connectivity index is 1.85. The van der Waals surface area contributed by atoms with Gasteiger partial charge in [0, 0.05) is 11.1 Å². The van der Waals surface area contributed by atoms with E-state index >= 15 is 0 Å². The third-order valence-electron chi connectivity index (χ3n) is 4.59. The maximum absolute atomic E-state index is 13.3. The van der Waals surface area contributed by atoms with Crippen LogP contribution in [-0.4, -0.2) is 30.3 Å². The summed E-state index contributed by atoms with van der Waals surface area (Å²) in [5.74, 6) is 0.418. The van der Waals surface area contributed by atoms with Crippen LogP contribution in [0.4, 0.5) is 0 Å². The molecule has 0 N–H and O–H groups in total. The van der Waals surface area contributed by atoms with Gasteiger partial charge in [-0.25, -0.2) is 17.4 Å². The van der Waals surface area contributed by atoms with Crippen LogP contribution in [0.2, 0.25) is 0 Å². The minimum absolute atomic E-state index is 0.0403. The molecule has 30 heavy (non-hydrogen) atoms. The fraction of sp³-hybridized carbons (Fsp3) is 0.0435. The van der Waals surface area contributed by atoms with Crippen molar-refractivity contribution in [3.8, 4) is 17.1 Å². The molecule has 0 spiro atoms. The molecule has 150 valence electrons. The molecule has 4 aromatic rings. The summed E-state index contributed by atoms with van der Waals surface area (Å²) < 4.78 is 32.7. The van der Waals surface area contributed by atoms with Gasteiger partial charge < -0.3 is 4.74 Å². The zero-order chi connectivity index (χ0) is 21.1. The minimum Gasteiger partial charge on any atom is -0.497 e. The number of ether oxygens (including phenoxy) is 1. The lowest BCUT2D eigenvalue weighted by Crippen LogP contribution is -2.13. The highest BCUT2D eigenvalue weighted by atomic mass is 32.2. The van der Waals surface area contributed by atoms with Crippen molar-refractivity contribution in [1.82, 2.24) is 8.96 Å². The molecule has 6 nitrogen and oxygen atoms in total. The third kappa shape index (κ3) is 3.62. The standard InChI is InChI=1S/C23H18N2O4S/c1-29-19-14-12-17(13-15-19)22(26)21-16-25(23(24-21)18-8-4-2-5-9-18)30(27,28)20-10-6-3-7-11-20/h2-16H,1H3. The Bertz CT molecular complexity index is 1280. The van der Waals surface area contributed by atoms with Gasteiger partial charge in [-0.1, -0.05) is 48.5 Å². The van der Waals surface area contributed by atoms with E-state index in [1.807, 2.05) is 6.07 Å². The molecule has 0 fully saturated rings. The number of hydrogen-bond acceptors (Lipinski definition) is 5. The van der Waals surface area contributed by atoms with Crippen LogP contribution in [0.1, 0.15) is 16.1 Å². The number of rotatable bonds is 6. The molecule has 0 saturated carbocycles. The highest BCUT2D eigenvalue weighted by Gasteiger charge is 2.25. The SMILES string of the molecule is COc1ccc(C(=O)c2cn(S(=O)(=O)c3ccccc3)c(-c3ccccc3)n2)cc1. The fourth-order valence-electron chi connectivity index (χ4n) is 3.03. The van der Waals surface area contributed by atoms with Crippen molar-refractivity contribution >= 4 is 15.8 Å². The summed E-state index contributed by atoms with van der Waals surface area (Å²) in [5.41, 5.74) is 1.02. The lowest BCUT2D eigenvalue weighted by molar-refractivity contribution is 0.103. The molecule has 0 aliphatic rings. The minimum atomic E-state index is -3.94. The largest absolute Gasteiger partial charge is 0.497 e. The molecule has 0 amide bonds. The Labute approximate surface area is 174 Å². The molecule has 0 saturated heterocycles. The predicted octanol–water partition coefficient (Wildman–Crippen LogP) is 4.03. The van der Waals surface area contributed by atoms with Crippen LogP contribution in [0.5, 0.6) is 5.75 Å². The van der Waals surface area contributed by atoms with Gasteiger partial charge in [0.2, 0.25) is 5.78 Å². The first kappa shape index (κ1) is 19.6. The van der Waals surface area contributed by atoms with E-state index in [2.05, 4.69) is 4.98 Å². The number of aromatic nitrogens is 2.